The lowest BCUT2D eigenvalue weighted by molar-refractivity contribution is -0.142. The smallest absolute Gasteiger partial charge is 0.415 e. The Kier molecular flexibility index (Phi) is 16.4. The third-order valence-corrected chi connectivity index (χ3v) is 14.7. The number of benzene rings is 4. The highest BCUT2D eigenvalue weighted by molar-refractivity contribution is 7.93. The van der Waals surface area contributed by atoms with Gasteiger partial charge in [0.05, 0.1) is 34.6 Å². The van der Waals surface area contributed by atoms with E-state index in [0.717, 1.165) is 55.3 Å². The van der Waals surface area contributed by atoms with E-state index in [1.54, 1.807) is 45.0 Å². The number of halogens is 1. The summed E-state index contributed by atoms with van der Waals surface area (Å²) in [6.07, 6.45) is 3.90. The summed E-state index contributed by atoms with van der Waals surface area (Å²) in [5.74, 6) is -2.45. The van der Waals surface area contributed by atoms with Gasteiger partial charge >= 0.3 is 16.2 Å². The Balaban J connectivity index is 1.26. The maximum Gasteiger partial charge on any atom is 0.415 e. The Morgan fingerprint density at radius 3 is 2.12 bits per heavy atom. The molecule has 3 N–H and O–H groups in total. The zero-order valence-corrected chi connectivity index (χ0v) is 46.2. The Morgan fingerprint density at radius 1 is 0.878 bits per heavy atom. The van der Waals surface area contributed by atoms with Crippen LogP contribution < -0.4 is 23.8 Å². The van der Waals surface area contributed by atoms with Crippen molar-refractivity contribution in [3.05, 3.63) is 100 Å². The fourth-order valence-electron chi connectivity index (χ4n) is 8.89. The first-order valence-electron chi connectivity index (χ1n) is 23.5. The number of amides is 2. The summed E-state index contributed by atoms with van der Waals surface area (Å²) in [5.41, 5.74) is 2.32. The van der Waals surface area contributed by atoms with E-state index in [4.69, 9.17) is 29.9 Å². The minimum Gasteiger partial charge on any atom is -0.435 e. The Morgan fingerprint density at radius 2 is 1.53 bits per heavy atom. The van der Waals surface area contributed by atoms with E-state index in [-0.39, 0.29) is 50.4 Å². The Labute approximate surface area is 438 Å². The number of ketones is 1. The average Bonchev–Trinajstić information content (AvgIpc) is 3.94. The van der Waals surface area contributed by atoms with E-state index in [1.165, 1.54) is 17.0 Å². The van der Waals surface area contributed by atoms with Crippen LogP contribution in [-0.2, 0) is 49.9 Å². The second kappa shape index (κ2) is 21.4. The molecule has 0 saturated heterocycles. The quantitative estimate of drug-likeness (QED) is 0.0444. The SMILES string of the molecule is Cc1cc(N(C(=O)OC(C(=O)Nc2cc(NS(=O)(=O)c3ccc(NS(C)(=O)=O)cc3OS(C)(=O)=O)ccc2Cl)C(=O)C(C)(C)C)C2CCCC2)ccc1/C=C(\C#N)c1nc2cc(C(C)(C)CC(C)(C)C)ccc2o1. The van der Waals surface area contributed by atoms with Gasteiger partial charge in [-0.1, -0.05) is 92.0 Å². The molecule has 5 aromatic rings. The first kappa shape index (κ1) is 56.8. The standard InChI is InChI=1S/C52H61ClN6O12S3/c1-31-24-38(20-16-32(31)25-33(29-54)48-56-41-26-34(17-22-42(41)69-48)52(8,9)30-50(2,3)4)59(37-14-12-13-15-37)49(62)70-45(46(60)51(5,6)7)47(61)55-40-27-35(18-21-39(40)53)58-74(67,68)44-23-19-36(57-72(10,63)64)28-43(44)71-73(11,65)66/h16-28,37,45,57-58H,12-15,30H2,1-11H3,(H,55,61)/b33-25+. The maximum atomic E-state index is 14.5. The van der Waals surface area contributed by atoms with Crippen LogP contribution in [0.2, 0.25) is 5.02 Å². The number of carbonyl (C=O) groups excluding carboxylic acids is 3. The molecular formula is C52H61ClN6O12S3. The number of hydrogen-bond acceptors (Lipinski definition) is 14. The van der Waals surface area contributed by atoms with Gasteiger partial charge in [0.2, 0.25) is 22.0 Å². The predicted octanol–water partition coefficient (Wildman–Crippen LogP) is 10.6. The minimum atomic E-state index is -4.71. The van der Waals surface area contributed by atoms with Crippen LogP contribution in [0.15, 0.2) is 82.1 Å². The van der Waals surface area contributed by atoms with E-state index in [9.17, 15) is 44.9 Å². The topological polar surface area (TPSA) is 261 Å². The van der Waals surface area contributed by atoms with Gasteiger partial charge in [0.15, 0.2) is 17.1 Å². The lowest BCUT2D eigenvalue weighted by atomic mass is 9.72. The molecule has 0 bridgehead atoms. The number of oxazole rings is 1. The van der Waals surface area contributed by atoms with E-state index in [0.29, 0.717) is 47.0 Å². The van der Waals surface area contributed by atoms with Crippen molar-refractivity contribution < 1.29 is 53.0 Å². The number of nitriles is 1. The van der Waals surface area contributed by atoms with Crippen LogP contribution >= 0.6 is 11.6 Å². The number of nitrogens with zero attached hydrogens (tertiary/aromatic N) is 3. The molecule has 1 fully saturated rings. The van der Waals surface area contributed by atoms with Gasteiger partial charge in [0, 0.05) is 23.2 Å². The van der Waals surface area contributed by atoms with Crippen LogP contribution in [-0.4, -0.2) is 72.7 Å². The fraction of sp³-hybridized carbons (Fsp3) is 0.404. The van der Waals surface area contributed by atoms with Crippen LogP contribution in [0.3, 0.4) is 0 Å². The van der Waals surface area contributed by atoms with Gasteiger partial charge in [-0.2, -0.15) is 13.7 Å². The molecule has 1 unspecified atom stereocenters. The first-order chi connectivity index (χ1) is 34.1. The highest BCUT2D eigenvalue weighted by Gasteiger charge is 2.41. The van der Waals surface area contributed by atoms with Crippen molar-refractivity contribution in [2.24, 2.45) is 10.8 Å². The van der Waals surface area contributed by atoms with E-state index in [2.05, 4.69) is 55.4 Å². The molecule has 4 aromatic carbocycles. The van der Waals surface area contributed by atoms with Gasteiger partial charge in [-0.3, -0.25) is 23.9 Å². The number of rotatable bonds is 17. The molecule has 0 spiro atoms. The van der Waals surface area contributed by atoms with E-state index >= 15 is 0 Å². The summed E-state index contributed by atoms with van der Waals surface area (Å²) in [5, 5.41) is 12.7. The van der Waals surface area contributed by atoms with Gasteiger partial charge < -0.3 is 18.7 Å². The number of aromatic nitrogens is 1. The summed E-state index contributed by atoms with van der Waals surface area (Å²) in [6.45, 7) is 17.4. The molecule has 0 aliphatic heterocycles. The van der Waals surface area contributed by atoms with Crippen LogP contribution in [0.25, 0.3) is 22.7 Å². The highest BCUT2D eigenvalue weighted by Crippen LogP contribution is 2.39. The monoisotopic (exact) mass is 1090 g/mol. The summed E-state index contributed by atoms with van der Waals surface area (Å²) in [6, 6.07) is 19.4. The van der Waals surface area contributed by atoms with Crippen molar-refractivity contribution in [2.45, 2.75) is 117 Å². The van der Waals surface area contributed by atoms with Crippen molar-refractivity contribution in [2.75, 3.05) is 32.2 Å². The van der Waals surface area contributed by atoms with Crippen LogP contribution in [0, 0.1) is 29.1 Å². The second-order valence-corrected chi connectivity index (χ2v) is 26.7. The summed E-state index contributed by atoms with van der Waals surface area (Å²) in [4.78, 5) is 48.2. The third-order valence-electron chi connectivity index (χ3n) is 11.9. The van der Waals surface area contributed by atoms with Crippen LogP contribution in [0.4, 0.5) is 27.5 Å². The lowest BCUT2D eigenvalue weighted by Gasteiger charge is -2.32. The maximum absolute atomic E-state index is 14.5. The largest absolute Gasteiger partial charge is 0.435 e. The van der Waals surface area contributed by atoms with Crippen molar-refractivity contribution >= 4 is 105 Å². The van der Waals surface area contributed by atoms with Crippen molar-refractivity contribution in [3.63, 3.8) is 0 Å². The molecule has 22 heteroatoms. The summed E-state index contributed by atoms with van der Waals surface area (Å²) in [7, 11) is -12.9. The van der Waals surface area contributed by atoms with E-state index in [1.807, 2.05) is 25.1 Å². The van der Waals surface area contributed by atoms with Gasteiger partial charge in [-0.05, 0) is 114 Å². The van der Waals surface area contributed by atoms with Gasteiger partial charge in [-0.15, -0.1) is 0 Å². The van der Waals surface area contributed by atoms with Crippen molar-refractivity contribution in [3.8, 4) is 11.8 Å². The number of allylic oxidation sites excluding steroid dienone is 1. The lowest BCUT2D eigenvalue weighted by Crippen LogP contribution is -2.48. The molecule has 0 radical (unpaired) electrons. The molecule has 396 valence electrons. The Bertz CT molecular complexity index is 3440. The number of nitrogens with one attached hydrogen (secondary N) is 3. The minimum absolute atomic E-state index is 0.0951. The molecule has 74 heavy (non-hydrogen) atoms. The second-order valence-electron chi connectivity index (χ2n) is 21.3. The third kappa shape index (κ3) is 14.4. The molecule has 1 aliphatic carbocycles. The number of anilines is 4. The molecular weight excluding hydrogens is 1030 g/mol. The number of Topliss-reactive ketones (excluding diaryl/α,β-unsaturated/α-hetero) is 1. The molecule has 1 aromatic heterocycles. The first-order valence-corrected chi connectivity index (χ1v) is 29.0. The molecule has 1 heterocycles. The number of sulfonamides is 2. The molecule has 1 atom stereocenters. The van der Waals surface area contributed by atoms with Gasteiger partial charge in [0.25, 0.3) is 15.9 Å². The molecule has 1 saturated carbocycles. The van der Waals surface area contributed by atoms with Gasteiger partial charge in [-0.25, -0.2) is 26.6 Å². The zero-order chi connectivity index (χ0) is 54.9. The zero-order valence-electron chi connectivity index (χ0n) is 43.0. The van der Waals surface area contributed by atoms with Gasteiger partial charge in [0.1, 0.15) is 22.1 Å². The number of ether oxygens (including phenoxy) is 1. The number of hydrogen-bond donors (Lipinski definition) is 3. The van der Waals surface area contributed by atoms with Crippen LogP contribution in [0.5, 0.6) is 5.75 Å². The van der Waals surface area contributed by atoms with E-state index < -0.39 is 70.1 Å². The molecule has 1 aliphatic rings. The number of fused-ring (bicyclic) bond motifs is 1. The Hall–Kier alpha value is -6.47. The fourth-order valence-corrected chi connectivity index (χ4v) is 11.3. The highest BCUT2D eigenvalue weighted by atomic mass is 35.5. The molecule has 18 nitrogen and oxygen atoms in total. The summed E-state index contributed by atoms with van der Waals surface area (Å²) < 4.78 is 96.6. The number of carbonyl (C=O) groups is 3. The average molecular weight is 1090 g/mol. The van der Waals surface area contributed by atoms with Crippen LogP contribution in [0.1, 0.15) is 110 Å². The summed E-state index contributed by atoms with van der Waals surface area (Å²) >= 11 is 6.49. The number of aryl methyl sites for hydroxylation is 1. The van der Waals surface area contributed by atoms with Crippen molar-refractivity contribution in [1.29, 1.82) is 5.26 Å². The normalized spacial score (nSPS) is 14.5. The van der Waals surface area contributed by atoms with Crippen molar-refractivity contribution in [1.82, 2.24) is 4.98 Å². The molecule has 2 amide bonds. The molecule has 6 rings (SSSR count). The predicted molar refractivity (Wildman–Crippen MR) is 287 cm³/mol.